The number of Topliss-reactive ketones (excluding diaryl/α,β-unsaturated/α-hetero) is 1. The zero-order chi connectivity index (χ0) is 13.4. The number of aromatic nitrogens is 1. The first-order valence-corrected chi connectivity index (χ1v) is 6.63. The number of carbonyl (C=O) groups is 1. The Hall–Kier alpha value is -0.900. The molecule has 0 saturated carbocycles. The minimum atomic E-state index is -0.351. The molecule has 1 aromatic heterocycles. The molecule has 0 saturated heterocycles. The lowest BCUT2D eigenvalue weighted by Crippen LogP contribution is -2.25. The number of aryl methyl sites for hydroxylation is 1. The van der Waals surface area contributed by atoms with Gasteiger partial charge in [0.25, 0.3) is 0 Å². The molecule has 4 heteroatoms. The fraction of sp³-hybridized carbons (Fsp3) is 0.692. The van der Waals surface area contributed by atoms with Crippen LogP contribution < -0.4 is 5.32 Å². The van der Waals surface area contributed by atoms with Gasteiger partial charge < -0.3 is 5.32 Å². The summed E-state index contributed by atoms with van der Waals surface area (Å²) in [5.74, 6) is 0.162. The molecule has 0 unspecified atom stereocenters. The maximum Gasteiger partial charge on any atom is 0.183 e. The number of carbonyl (C=O) groups excluding carboxylic acids is 1. The Kier molecular flexibility index (Phi) is 3.67. The molecule has 0 aliphatic heterocycles. The van der Waals surface area contributed by atoms with Crippen LogP contribution in [-0.4, -0.2) is 16.3 Å². The highest BCUT2D eigenvalue weighted by atomic mass is 32.1. The highest BCUT2D eigenvalue weighted by Crippen LogP contribution is 2.30. The van der Waals surface area contributed by atoms with E-state index in [0.717, 1.165) is 15.7 Å². The molecule has 0 fully saturated rings. The van der Waals surface area contributed by atoms with Gasteiger partial charge in [0.2, 0.25) is 0 Å². The topological polar surface area (TPSA) is 42.0 Å². The van der Waals surface area contributed by atoms with Crippen molar-refractivity contribution in [2.24, 2.45) is 5.41 Å². The first kappa shape index (κ1) is 14.2. The summed E-state index contributed by atoms with van der Waals surface area (Å²) >= 11 is 1.45. The lowest BCUT2D eigenvalue weighted by molar-refractivity contribution is 0.0862. The van der Waals surface area contributed by atoms with Crippen LogP contribution in [0, 0.1) is 12.3 Å². The highest BCUT2D eigenvalue weighted by Gasteiger charge is 2.27. The second-order valence-electron chi connectivity index (χ2n) is 6.39. The fourth-order valence-corrected chi connectivity index (χ4v) is 2.65. The van der Waals surface area contributed by atoms with Crippen molar-refractivity contribution in [2.75, 3.05) is 5.32 Å². The van der Waals surface area contributed by atoms with E-state index in [-0.39, 0.29) is 16.7 Å². The van der Waals surface area contributed by atoms with Crippen molar-refractivity contribution in [2.45, 2.75) is 54.0 Å². The van der Waals surface area contributed by atoms with Crippen LogP contribution in [0.3, 0.4) is 0 Å². The van der Waals surface area contributed by atoms with E-state index < -0.39 is 0 Å². The summed E-state index contributed by atoms with van der Waals surface area (Å²) in [7, 11) is 0. The molecule has 0 atom stereocenters. The Morgan fingerprint density at radius 1 is 1.18 bits per heavy atom. The molecule has 1 rings (SSSR count). The van der Waals surface area contributed by atoms with Crippen LogP contribution in [-0.2, 0) is 0 Å². The van der Waals surface area contributed by atoms with Gasteiger partial charge in [-0.3, -0.25) is 4.79 Å². The standard InChI is InChI=1S/C13H22N2OS/c1-8-9(10(16)12(2,3)4)17-11(14-8)15-13(5,6)7/h1-7H3,(H,14,15). The molecule has 0 spiro atoms. The van der Waals surface area contributed by atoms with Gasteiger partial charge in [-0.1, -0.05) is 32.1 Å². The van der Waals surface area contributed by atoms with Crippen LogP contribution in [0.2, 0.25) is 0 Å². The van der Waals surface area contributed by atoms with E-state index in [1.54, 1.807) is 0 Å². The first-order valence-electron chi connectivity index (χ1n) is 5.81. The van der Waals surface area contributed by atoms with Crippen molar-refractivity contribution in [1.82, 2.24) is 4.98 Å². The van der Waals surface area contributed by atoms with Gasteiger partial charge in [-0.25, -0.2) is 4.98 Å². The number of thiazole rings is 1. The van der Waals surface area contributed by atoms with Crippen molar-refractivity contribution < 1.29 is 4.79 Å². The zero-order valence-electron chi connectivity index (χ0n) is 11.8. The van der Waals surface area contributed by atoms with Crippen LogP contribution in [0.15, 0.2) is 0 Å². The monoisotopic (exact) mass is 254 g/mol. The van der Waals surface area contributed by atoms with Gasteiger partial charge >= 0.3 is 0 Å². The number of ketones is 1. The predicted molar refractivity (Wildman–Crippen MR) is 74.0 cm³/mol. The summed E-state index contributed by atoms with van der Waals surface area (Å²) < 4.78 is 0. The largest absolute Gasteiger partial charge is 0.357 e. The Bertz CT molecular complexity index is 422. The third-order valence-corrected chi connectivity index (χ3v) is 3.24. The molecule has 1 heterocycles. The number of hydrogen-bond acceptors (Lipinski definition) is 4. The molecule has 0 radical (unpaired) electrons. The van der Waals surface area contributed by atoms with E-state index in [2.05, 4.69) is 31.1 Å². The summed E-state index contributed by atoms with van der Waals surface area (Å²) in [4.78, 5) is 17.4. The van der Waals surface area contributed by atoms with E-state index in [1.807, 2.05) is 27.7 Å². The molecule has 96 valence electrons. The van der Waals surface area contributed by atoms with Crippen LogP contribution in [0.5, 0.6) is 0 Å². The number of hydrogen-bond donors (Lipinski definition) is 1. The summed E-state index contributed by atoms with van der Waals surface area (Å²) in [5, 5.41) is 4.13. The minimum Gasteiger partial charge on any atom is -0.357 e. The number of nitrogens with one attached hydrogen (secondary N) is 1. The summed E-state index contributed by atoms with van der Waals surface area (Å²) in [5.41, 5.74) is 0.435. The minimum absolute atomic E-state index is 0.0354. The van der Waals surface area contributed by atoms with Crippen LogP contribution in [0.1, 0.15) is 56.9 Å². The summed E-state index contributed by atoms with van der Waals surface area (Å²) in [6.07, 6.45) is 0. The maximum absolute atomic E-state index is 12.2. The molecule has 3 nitrogen and oxygen atoms in total. The predicted octanol–water partition coefficient (Wildman–Crippen LogP) is 3.89. The van der Waals surface area contributed by atoms with Crippen molar-refractivity contribution in [3.8, 4) is 0 Å². The van der Waals surface area contributed by atoms with Gasteiger partial charge in [0.1, 0.15) is 0 Å². The van der Waals surface area contributed by atoms with E-state index in [4.69, 9.17) is 0 Å². The molecule has 0 aliphatic carbocycles. The lowest BCUT2D eigenvalue weighted by atomic mass is 9.89. The number of rotatable bonds is 2. The van der Waals surface area contributed by atoms with E-state index in [9.17, 15) is 4.79 Å². The quantitative estimate of drug-likeness (QED) is 0.814. The summed E-state index contributed by atoms with van der Waals surface area (Å²) in [6.45, 7) is 13.9. The third-order valence-electron chi connectivity index (χ3n) is 2.17. The average molecular weight is 254 g/mol. The second-order valence-corrected chi connectivity index (χ2v) is 7.39. The van der Waals surface area contributed by atoms with Gasteiger partial charge in [0.15, 0.2) is 10.9 Å². The highest BCUT2D eigenvalue weighted by molar-refractivity contribution is 7.17. The van der Waals surface area contributed by atoms with Gasteiger partial charge in [-0.15, -0.1) is 0 Å². The molecule has 17 heavy (non-hydrogen) atoms. The van der Waals surface area contributed by atoms with Crippen molar-refractivity contribution in [3.63, 3.8) is 0 Å². The van der Waals surface area contributed by atoms with E-state index >= 15 is 0 Å². The Balaban J connectivity index is 3.01. The Labute approximate surface area is 108 Å². The normalized spacial score (nSPS) is 12.6. The maximum atomic E-state index is 12.2. The Morgan fingerprint density at radius 3 is 2.12 bits per heavy atom. The van der Waals surface area contributed by atoms with E-state index in [1.165, 1.54) is 11.3 Å². The molecule has 0 amide bonds. The number of anilines is 1. The second kappa shape index (κ2) is 4.41. The van der Waals surface area contributed by atoms with Gasteiger partial charge in [0.05, 0.1) is 10.6 Å². The van der Waals surface area contributed by atoms with Crippen LogP contribution in [0.4, 0.5) is 5.13 Å². The molecule has 1 aromatic rings. The van der Waals surface area contributed by atoms with E-state index in [0.29, 0.717) is 0 Å². The summed E-state index contributed by atoms with van der Waals surface area (Å²) in [6, 6.07) is 0. The molecular weight excluding hydrogens is 232 g/mol. The van der Waals surface area contributed by atoms with Crippen LogP contribution >= 0.6 is 11.3 Å². The molecule has 0 aromatic carbocycles. The smallest absolute Gasteiger partial charge is 0.183 e. The third kappa shape index (κ3) is 3.80. The van der Waals surface area contributed by atoms with Crippen LogP contribution in [0.25, 0.3) is 0 Å². The average Bonchev–Trinajstić information content (AvgIpc) is 2.40. The van der Waals surface area contributed by atoms with Crippen molar-refractivity contribution >= 4 is 22.3 Å². The van der Waals surface area contributed by atoms with Crippen molar-refractivity contribution in [1.29, 1.82) is 0 Å². The van der Waals surface area contributed by atoms with Crippen molar-refractivity contribution in [3.05, 3.63) is 10.6 Å². The van der Waals surface area contributed by atoms with Gasteiger partial charge in [0, 0.05) is 11.0 Å². The molecule has 0 bridgehead atoms. The molecule has 0 aliphatic rings. The molecular formula is C13H22N2OS. The van der Waals surface area contributed by atoms with Gasteiger partial charge in [-0.2, -0.15) is 0 Å². The Morgan fingerprint density at radius 2 is 1.71 bits per heavy atom. The fourth-order valence-electron chi connectivity index (χ4n) is 1.32. The number of nitrogens with zero attached hydrogens (tertiary/aromatic N) is 1. The lowest BCUT2D eigenvalue weighted by Gasteiger charge is -2.19. The first-order chi connectivity index (χ1) is 7.50. The van der Waals surface area contributed by atoms with Gasteiger partial charge in [-0.05, 0) is 27.7 Å². The zero-order valence-corrected chi connectivity index (χ0v) is 12.6. The SMILES string of the molecule is Cc1nc(NC(C)(C)C)sc1C(=O)C(C)(C)C. The molecule has 1 N–H and O–H groups in total.